The van der Waals surface area contributed by atoms with Crippen LogP contribution in [0, 0.1) is 33.5 Å². The minimum absolute atomic E-state index is 0.0564. The van der Waals surface area contributed by atoms with E-state index >= 15 is 0 Å². The van der Waals surface area contributed by atoms with Crippen LogP contribution in [0.2, 0.25) is 0 Å². The smallest absolute Gasteiger partial charge is 0.150 e. The van der Waals surface area contributed by atoms with Gasteiger partial charge in [-0.1, -0.05) is 23.5 Å². The molecule has 1 aliphatic heterocycles. The van der Waals surface area contributed by atoms with Gasteiger partial charge in [-0.05, 0) is 56.1 Å². The molecule has 136 valence electrons. The second-order valence-electron chi connectivity index (χ2n) is 5.46. The summed E-state index contributed by atoms with van der Waals surface area (Å²) in [5, 5.41) is 36.0. The molecule has 3 heterocycles. The van der Waals surface area contributed by atoms with Crippen LogP contribution in [-0.4, -0.2) is 11.4 Å². The number of hydrogen-bond acceptors (Lipinski definition) is 8. The number of rotatable bonds is 2. The molecule has 0 radical (unpaired) electrons. The van der Waals surface area contributed by atoms with Crippen LogP contribution in [0.1, 0.15) is 9.75 Å². The molecule has 1 saturated heterocycles. The van der Waals surface area contributed by atoms with Crippen LogP contribution in [0.4, 0.5) is 0 Å². The zero-order valence-corrected chi connectivity index (χ0v) is 20.0. The second kappa shape index (κ2) is 7.79. The molecule has 2 aromatic heterocycles. The van der Waals surface area contributed by atoms with Crippen molar-refractivity contribution in [2.45, 2.75) is 0 Å². The highest BCUT2D eigenvalue weighted by atomic mass is 79.9. The van der Waals surface area contributed by atoms with Gasteiger partial charge in [-0.2, -0.15) is 10.5 Å². The Hall–Kier alpha value is -1.40. The minimum Gasteiger partial charge on any atom is -0.298 e. The van der Waals surface area contributed by atoms with Crippen LogP contribution in [0.25, 0.3) is 11.1 Å². The summed E-state index contributed by atoms with van der Waals surface area (Å²) >= 11 is 12.6. The molecule has 0 amide bonds. The first-order valence-electron chi connectivity index (χ1n) is 7.53. The third kappa shape index (κ3) is 3.28. The number of halogens is 2. The largest absolute Gasteiger partial charge is 0.298 e. The normalized spacial score (nSPS) is 16.4. The lowest BCUT2D eigenvalue weighted by Gasteiger charge is -2.21. The van der Waals surface area contributed by atoms with Gasteiger partial charge in [0.1, 0.15) is 17.7 Å². The summed E-state index contributed by atoms with van der Waals surface area (Å²) < 4.78 is 2.47. The lowest BCUT2D eigenvalue weighted by atomic mass is 9.92. The van der Waals surface area contributed by atoms with Crippen LogP contribution in [0.3, 0.4) is 0 Å². The predicted octanol–water partition coefficient (Wildman–Crippen LogP) is 7.25. The predicted molar refractivity (Wildman–Crippen MR) is 127 cm³/mol. The molecular formula is C18H6Br2N4S4. The average molecular weight is 566 g/mol. The first-order valence-corrected chi connectivity index (χ1v) is 12.4. The van der Waals surface area contributed by atoms with Crippen molar-refractivity contribution in [2.75, 3.05) is 0 Å². The fourth-order valence-electron chi connectivity index (χ4n) is 2.69. The summed E-state index contributed by atoms with van der Waals surface area (Å²) in [7, 11) is 0. The summed E-state index contributed by atoms with van der Waals surface area (Å²) in [6.45, 7) is 0. The molecule has 2 N–H and O–H groups in total. The van der Waals surface area contributed by atoms with E-state index in [4.69, 9.17) is 10.8 Å². The Bertz CT molecular complexity index is 1150. The maximum Gasteiger partial charge on any atom is 0.150 e. The zero-order valence-electron chi connectivity index (χ0n) is 13.6. The average Bonchev–Trinajstić information content (AvgIpc) is 3.38. The SMILES string of the molecule is N#CC(C#N)=C1SC2=C(c3ccc(Br)s3)C(=N)C(=N)C(c3ccc(Br)s3)=C2S1. The fourth-order valence-corrected chi connectivity index (χ4v) is 8.40. The van der Waals surface area contributed by atoms with E-state index in [9.17, 15) is 10.5 Å². The van der Waals surface area contributed by atoms with Crippen molar-refractivity contribution in [1.82, 2.24) is 0 Å². The number of allylic oxidation sites excluding steroid dienone is 3. The molecule has 0 bridgehead atoms. The van der Waals surface area contributed by atoms with Gasteiger partial charge in [0.05, 0.1) is 23.2 Å². The van der Waals surface area contributed by atoms with Crippen molar-refractivity contribution in [3.8, 4) is 12.1 Å². The fraction of sp³-hybridized carbons (Fsp3) is 0. The Kier molecular flexibility index (Phi) is 5.53. The number of nitrogens with zero attached hydrogens (tertiary/aromatic N) is 2. The molecular weight excluding hydrogens is 560 g/mol. The molecule has 1 aliphatic carbocycles. The van der Waals surface area contributed by atoms with Crippen LogP contribution in [0.15, 0.2) is 51.5 Å². The van der Waals surface area contributed by atoms with Crippen molar-refractivity contribution in [3.05, 3.63) is 61.2 Å². The monoisotopic (exact) mass is 564 g/mol. The Balaban J connectivity index is 2.04. The van der Waals surface area contributed by atoms with Crippen molar-refractivity contribution in [3.63, 3.8) is 0 Å². The summed E-state index contributed by atoms with van der Waals surface area (Å²) in [4.78, 5) is 3.42. The molecule has 4 nitrogen and oxygen atoms in total. The second-order valence-corrected chi connectivity index (χ2v) is 12.7. The van der Waals surface area contributed by atoms with Gasteiger partial charge in [0.2, 0.25) is 0 Å². The van der Waals surface area contributed by atoms with E-state index in [1.165, 1.54) is 46.2 Å². The van der Waals surface area contributed by atoms with Crippen LogP contribution < -0.4 is 0 Å². The minimum atomic E-state index is 0.0564. The molecule has 0 aromatic carbocycles. The summed E-state index contributed by atoms with van der Waals surface area (Å²) in [5.74, 6) is 0. The Morgan fingerprint density at radius 1 is 0.786 bits per heavy atom. The third-order valence-electron chi connectivity index (χ3n) is 3.87. The molecule has 10 heteroatoms. The number of nitrogens with one attached hydrogen (secondary N) is 2. The molecule has 0 saturated carbocycles. The first-order chi connectivity index (χ1) is 13.4. The van der Waals surface area contributed by atoms with E-state index in [0.29, 0.717) is 15.4 Å². The van der Waals surface area contributed by atoms with Gasteiger partial charge < -0.3 is 0 Å². The topological polar surface area (TPSA) is 95.3 Å². The lowest BCUT2D eigenvalue weighted by molar-refractivity contribution is 1.47. The number of thiophene rings is 2. The number of nitriles is 2. The molecule has 0 atom stereocenters. The first kappa shape index (κ1) is 19.9. The van der Waals surface area contributed by atoms with Crippen LogP contribution in [0.5, 0.6) is 0 Å². The van der Waals surface area contributed by atoms with E-state index in [1.54, 1.807) is 0 Å². The van der Waals surface area contributed by atoms with Crippen molar-refractivity contribution in [2.24, 2.45) is 0 Å². The molecule has 1 fully saturated rings. The summed E-state index contributed by atoms with van der Waals surface area (Å²) in [5.41, 5.74) is 1.71. The molecule has 0 spiro atoms. The molecule has 2 aromatic rings. The van der Waals surface area contributed by atoms with Crippen LogP contribution >= 0.6 is 78.1 Å². The number of thioether (sulfide) groups is 2. The van der Waals surface area contributed by atoms with Gasteiger partial charge in [0, 0.05) is 30.7 Å². The highest BCUT2D eigenvalue weighted by Gasteiger charge is 2.38. The third-order valence-corrected chi connectivity index (χ3v) is 9.78. The number of hydrogen-bond donors (Lipinski definition) is 2. The summed E-state index contributed by atoms with van der Waals surface area (Å²) in [6, 6.07) is 11.6. The van der Waals surface area contributed by atoms with E-state index < -0.39 is 0 Å². The van der Waals surface area contributed by atoms with E-state index in [1.807, 2.05) is 36.4 Å². The maximum atomic E-state index is 9.31. The molecule has 0 unspecified atom stereocenters. The van der Waals surface area contributed by atoms with E-state index in [0.717, 1.165) is 27.1 Å². The Morgan fingerprint density at radius 2 is 1.21 bits per heavy atom. The Labute approximate surface area is 193 Å². The highest BCUT2D eigenvalue weighted by molar-refractivity contribution is 9.11. The van der Waals surface area contributed by atoms with Gasteiger partial charge in [0.15, 0.2) is 0 Å². The van der Waals surface area contributed by atoms with Gasteiger partial charge in [-0.3, -0.25) is 10.8 Å². The van der Waals surface area contributed by atoms with Gasteiger partial charge in [-0.25, -0.2) is 0 Å². The van der Waals surface area contributed by atoms with Crippen LogP contribution in [-0.2, 0) is 0 Å². The van der Waals surface area contributed by atoms with E-state index in [2.05, 4.69) is 31.9 Å². The van der Waals surface area contributed by atoms with Gasteiger partial charge in [-0.15, -0.1) is 22.7 Å². The summed E-state index contributed by atoms with van der Waals surface area (Å²) in [6.07, 6.45) is 0. The van der Waals surface area contributed by atoms with Gasteiger partial charge >= 0.3 is 0 Å². The van der Waals surface area contributed by atoms with Crippen molar-refractivity contribution >= 4 is 101 Å². The van der Waals surface area contributed by atoms with E-state index in [-0.39, 0.29) is 17.0 Å². The standard InChI is InChI=1S/C18H6Br2N4S4/c19-10-3-1-8(25-10)12-14(23)15(24)13(9-2-4-11(20)26-9)17-16(12)27-18(28-17)7(5-21)6-22/h1-4,23-24H. The quantitative estimate of drug-likeness (QED) is 0.296. The highest BCUT2D eigenvalue weighted by Crippen LogP contribution is 2.61. The van der Waals surface area contributed by atoms with Crippen molar-refractivity contribution < 1.29 is 0 Å². The maximum absolute atomic E-state index is 9.31. The zero-order chi connectivity index (χ0) is 20.0. The molecule has 2 aliphatic rings. The molecule has 28 heavy (non-hydrogen) atoms. The van der Waals surface area contributed by atoms with Crippen molar-refractivity contribution in [1.29, 1.82) is 21.3 Å². The lowest BCUT2D eigenvalue weighted by Crippen LogP contribution is -2.20. The molecule has 4 rings (SSSR count). The number of fused-ring (bicyclic) bond motifs is 1. The Morgan fingerprint density at radius 3 is 1.54 bits per heavy atom. The van der Waals surface area contributed by atoms with Gasteiger partial charge in [0.25, 0.3) is 0 Å².